The van der Waals surface area contributed by atoms with E-state index in [0.29, 0.717) is 0 Å². The average Bonchev–Trinajstić information content (AvgIpc) is 1.72. The SMILES string of the molecule is [OH].c1ccccc1. The molecule has 0 aliphatic carbocycles. The lowest BCUT2D eigenvalue weighted by molar-refractivity contribution is 0.824. The fourth-order valence-electron chi connectivity index (χ4n) is 0.385. The van der Waals surface area contributed by atoms with Crippen molar-refractivity contribution in [1.82, 2.24) is 0 Å². The predicted octanol–water partition coefficient (Wildman–Crippen LogP) is 1.51. The quantitative estimate of drug-likeness (QED) is 0.506. The van der Waals surface area contributed by atoms with Crippen molar-refractivity contribution >= 4 is 0 Å². The second-order valence-corrected chi connectivity index (χ2v) is 1.15. The van der Waals surface area contributed by atoms with Crippen molar-refractivity contribution in [3.05, 3.63) is 36.4 Å². The summed E-state index contributed by atoms with van der Waals surface area (Å²) >= 11 is 0. The molecule has 0 fully saturated rings. The van der Waals surface area contributed by atoms with E-state index in [1.807, 2.05) is 36.4 Å². The summed E-state index contributed by atoms with van der Waals surface area (Å²) in [5.41, 5.74) is 0. The molecular weight excluding hydrogens is 88.1 g/mol. The van der Waals surface area contributed by atoms with Gasteiger partial charge in [-0.25, -0.2) is 0 Å². The summed E-state index contributed by atoms with van der Waals surface area (Å²) in [6.07, 6.45) is 0. The Balaban J connectivity index is 0.000000360. The molecule has 1 N–H and O–H groups in total. The third-order valence-electron chi connectivity index (χ3n) is 0.667. The van der Waals surface area contributed by atoms with Gasteiger partial charge in [0, 0.05) is 0 Å². The summed E-state index contributed by atoms with van der Waals surface area (Å²) in [5.74, 6) is 0. The summed E-state index contributed by atoms with van der Waals surface area (Å²) in [6.45, 7) is 0. The molecule has 0 saturated carbocycles. The highest BCUT2D eigenvalue weighted by molar-refractivity contribution is 4.99. The van der Waals surface area contributed by atoms with Gasteiger partial charge in [0.2, 0.25) is 0 Å². The lowest BCUT2D eigenvalue weighted by Gasteiger charge is -1.69. The van der Waals surface area contributed by atoms with Gasteiger partial charge in [-0.15, -0.1) is 0 Å². The molecule has 0 spiro atoms. The minimum Gasteiger partial charge on any atom is -0.255 e. The van der Waals surface area contributed by atoms with Crippen LogP contribution in [0, 0.1) is 0 Å². The Morgan fingerprint density at radius 2 is 0.571 bits per heavy atom. The van der Waals surface area contributed by atoms with E-state index in [1.165, 1.54) is 0 Å². The fourth-order valence-corrected chi connectivity index (χ4v) is 0.385. The van der Waals surface area contributed by atoms with Crippen LogP contribution in [0.5, 0.6) is 0 Å². The average molecular weight is 95.1 g/mol. The zero-order valence-corrected chi connectivity index (χ0v) is 3.91. The lowest BCUT2D eigenvalue weighted by atomic mass is 10.4. The zero-order chi connectivity index (χ0) is 4.24. The molecule has 0 aromatic heterocycles. The predicted molar refractivity (Wildman–Crippen MR) is 28.4 cm³/mol. The van der Waals surface area contributed by atoms with Crippen LogP contribution in [0.15, 0.2) is 36.4 Å². The first kappa shape index (κ1) is 6.18. The molecule has 1 nitrogen and oxygen atoms in total. The van der Waals surface area contributed by atoms with Crippen LogP contribution < -0.4 is 0 Å². The van der Waals surface area contributed by atoms with Crippen LogP contribution in [-0.4, -0.2) is 5.48 Å². The van der Waals surface area contributed by atoms with Crippen LogP contribution >= 0.6 is 0 Å². The summed E-state index contributed by atoms with van der Waals surface area (Å²) < 4.78 is 0. The van der Waals surface area contributed by atoms with Gasteiger partial charge in [-0.3, -0.25) is 5.48 Å². The first-order valence-corrected chi connectivity index (χ1v) is 2.00. The first-order chi connectivity index (χ1) is 3.00. The Bertz CT molecular complexity index is 76.1. The van der Waals surface area contributed by atoms with E-state index < -0.39 is 0 Å². The largest absolute Gasteiger partial charge is 0.255 e. The smallest absolute Gasteiger partial charge is 0.0623 e. The highest BCUT2D eigenvalue weighted by atomic mass is 16.0. The Hall–Kier alpha value is -0.820. The van der Waals surface area contributed by atoms with Crippen molar-refractivity contribution in [3.63, 3.8) is 0 Å². The van der Waals surface area contributed by atoms with Crippen LogP contribution in [0.2, 0.25) is 0 Å². The maximum atomic E-state index is 2.00. The van der Waals surface area contributed by atoms with Crippen molar-refractivity contribution < 1.29 is 5.48 Å². The molecule has 0 aliphatic heterocycles. The van der Waals surface area contributed by atoms with Crippen molar-refractivity contribution in [2.24, 2.45) is 0 Å². The van der Waals surface area contributed by atoms with Gasteiger partial charge in [0.05, 0.1) is 0 Å². The molecule has 1 aromatic rings. The molecule has 1 radical (unpaired) electrons. The third kappa shape index (κ3) is 1.95. The Labute approximate surface area is 42.9 Å². The van der Waals surface area contributed by atoms with Crippen molar-refractivity contribution in [3.8, 4) is 0 Å². The highest BCUT2D eigenvalue weighted by Crippen LogP contribution is 1.79. The Kier molecular flexibility index (Phi) is 2.98. The van der Waals surface area contributed by atoms with E-state index in [4.69, 9.17) is 0 Å². The van der Waals surface area contributed by atoms with Crippen LogP contribution in [0.25, 0.3) is 0 Å². The van der Waals surface area contributed by atoms with E-state index >= 15 is 0 Å². The molecule has 0 heterocycles. The molecule has 0 amide bonds. The highest BCUT2D eigenvalue weighted by Gasteiger charge is 1.57. The first-order valence-electron chi connectivity index (χ1n) is 2.00. The van der Waals surface area contributed by atoms with E-state index in [9.17, 15) is 0 Å². The van der Waals surface area contributed by atoms with Crippen LogP contribution in [0.3, 0.4) is 0 Å². The Morgan fingerprint density at radius 1 is 0.429 bits per heavy atom. The molecule has 0 bridgehead atoms. The maximum absolute atomic E-state index is 2.00. The topological polar surface area (TPSA) is 30.0 Å². The molecule has 0 aliphatic rings. The standard InChI is InChI=1S/C6H6.HO/c1-2-4-6-5-3-1;/h1-6H;1H. The molecule has 37 valence electrons. The van der Waals surface area contributed by atoms with E-state index in [1.54, 1.807) is 0 Å². The maximum Gasteiger partial charge on any atom is -0.0623 e. The van der Waals surface area contributed by atoms with Gasteiger partial charge in [0.25, 0.3) is 0 Å². The molecule has 0 atom stereocenters. The van der Waals surface area contributed by atoms with Gasteiger partial charge < -0.3 is 0 Å². The summed E-state index contributed by atoms with van der Waals surface area (Å²) in [4.78, 5) is 0. The molecule has 7 heavy (non-hydrogen) atoms. The second-order valence-electron chi connectivity index (χ2n) is 1.15. The minimum absolute atomic E-state index is 0. The lowest BCUT2D eigenvalue weighted by Crippen LogP contribution is -1.47. The van der Waals surface area contributed by atoms with Gasteiger partial charge in [0.15, 0.2) is 0 Å². The van der Waals surface area contributed by atoms with Crippen LogP contribution in [0.1, 0.15) is 0 Å². The van der Waals surface area contributed by atoms with E-state index in [0.717, 1.165) is 0 Å². The van der Waals surface area contributed by atoms with Crippen molar-refractivity contribution in [2.45, 2.75) is 0 Å². The van der Waals surface area contributed by atoms with Gasteiger partial charge in [0.1, 0.15) is 0 Å². The van der Waals surface area contributed by atoms with Gasteiger partial charge in [-0.1, -0.05) is 36.4 Å². The van der Waals surface area contributed by atoms with Crippen molar-refractivity contribution in [1.29, 1.82) is 0 Å². The van der Waals surface area contributed by atoms with Crippen LogP contribution in [-0.2, 0) is 0 Å². The van der Waals surface area contributed by atoms with Crippen molar-refractivity contribution in [2.75, 3.05) is 0 Å². The zero-order valence-electron chi connectivity index (χ0n) is 3.91. The van der Waals surface area contributed by atoms with Gasteiger partial charge >= 0.3 is 0 Å². The second kappa shape index (κ2) is 3.37. The molecule has 0 saturated heterocycles. The summed E-state index contributed by atoms with van der Waals surface area (Å²) in [5, 5.41) is 0. The Morgan fingerprint density at radius 3 is 0.714 bits per heavy atom. The number of rotatable bonds is 0. The normalized spacial score (nSPS) is 6.86. The van der Waals surface area contributed by atoms with Gasteiger partial charge in [-0.2, -0.15) is 0 Å². The molecule has 1 heteroatoms. The molecule has 1 rings (SSSR count). The fraction of sp³-hybridized carbons (Fsp3) is 0. The minimum atomic E-state index is 0. The summed E-state index contributed by atoms with van der Waals surface area (Å²) in [6, 6.07) is 12.0. The number of hydrogen-bond acceptors (Lipinski definition) is 0. The molecule has 1 aromatic carbocycles. The number of hydrogen-bond donors (Lipinski definition) is 1. The molecule has 0 unspecified atom stereocenters. The van der Waals surface area contributed by atoms with Crippen LogP contribution in [0.4, 0.5) is 0 Å². The summed E-state index contributed by atoms with van der Waals surface area (Å²) in [7, 11) is 0. The third-order valence-corrected chi connectivity index (χ3v) is 0.667. The molecular formula is C6H7O. The van der Waals surface area contributed by atoms with Gasteiger partial charge in [-0.05, 0) is 0 Å². The monoisotopic (exact) mass is 95.0 g/mol. The van der Waals surface area contributed by atoms with E-state index in [-0.39, 0.29) is 5.48 Å². The number of benzene rings is 1. The van der Waals surface area contributed by atoms with E-state index in [2.05, 4.69) is 0 Å².